The van der Waals surface area contributed by atoms with Crippen LogP contribution in [0.5, 0.6) is 0 Å². The fourth-order valence-electron chi connectivity index (χ4n) is 2.01. The zero-order valence-corrected chi connectivity index (χ0v) is 10.3. The van der Waals surface area contributed by atoms with Crippen molar-refractivity contribution in [3.05, 3.63) is 34.3 Å². The first-order valence-corrected chi connectivity index (χ1v) is 5.93. The van der Waals surface area contributed by atoms with Gasteiger partial charge < -0.3 is 0 Å². The van der Waals surface area contributed by atoms with Crippen molar-refractivity contribution in [1.29, 1.82) is 0 Å². The lowest BCUT2D eigenvalue weighted by molar-refractivity contribution is -0.119. The zero-order valence-electron chi connectivity index (χ0n) is 8.74. The topological polar surface area (TPSA) is 20.3 Å². The fourth-order valence-corrected chi connectivity index (χ4v) is 2.46. The van der Waals surface area contributed by atoms with Gasteiger partial charge in [-0.25, -0.2) is 0 Å². The first-order valence-electron chi connectivity index (χ1n) is 5.14. The summed E-state index contributed by atoms with van der Waals surface area (Å²) in [7, 11) is 2.02. The van der Waals surface area contributed by atoms with Gasteiger partial charge in [-0.1, -0.05) is 28.1 Å². The molecule has 1 saturated heterocycles. The fraction of sp³-hybridized carbons (Fsp3) is 0.417. The number of carbonyl (C=O) groups is 1. The molecule has 1 aromatic rings. The van der Waals surface area contributed by atoms with Crippen LogP contribution in [0.25, 0.3) is 0 Å². The lowest BCUT2D eigenvalue weighted by Gasteiger charge is -2.17. The Balaban J connectivity index is 2.11. The number of likely N-dealkylation sites (N-methyl/N-ethyl adjacent to an activating group) is 1. The van der Waals surface area contributed by atoms with Gasteiger partial charge in [0.25, 0.3) is 0 Å². The van der Waals surface area contributed by atoms with E-state index in [-0.39, 0.29) is 6.04 Å². The van der Waals surface area contributed by atoms with E-state index >= 15 is 0 Å². The van der Waals surface area contributed by atoms with E-state index in [4.69, 9.17) is 0 Å². The summed E-state index contributed by atoms with van der Waals surface area (Å²) in [5.41, 5.74) is 1.22. The van der Waals surface area contributed by atoms with Crippen LogP contribution in [0.4, 0.5) is 0 Å². The molecule has 0 N–H and O–H groups in total. The molecule has 0 radical (unpaired) electrons. The summed E-state index contributed by atoms with van der Waals surface area (Å²) in [6.07, 6.45) is 1.53. The largest absolute Gasteiger partial charge is 0.298 e. The van der Waals surface area contributed by atoms with Crippen molar-refractivity contribution in [2.45, 2.75) is 18.9 Å². The Morgan fingerprint density at radius 3 is 2.93 bits per heavy atom. The molecule has 80 valence electrons. The molecule has 2 nitrogen and oxygen atoms in total. The maximum absolute atomic E-state index is 11.6. The Kier molecular flexibility index (Phi) is 3.22. The molecular weight excluding hydrogens is 254 g/mol. The third-order valence-corrected chi connectivity index (χ3v) is 3.43. The highest BCUT2D eigenvalue weighted by Crippen LogP contribution is 2.18. The molecule has 3 heteroatoms. The highest BCUT2D eigenvalue weighted by atomic mass is 79.9. The number of likely N-dealkylation sites (tertiary alicyclic amines) is 1. The Labute approximate surface area is 98.4 Å². The first-order chi connectivity index (χ1) is 7.16. The van der Waals surface area contributed by atoms with Gasteiger partial charge in [-0.15, -0.1) is 0 Å². The minimum Gasteiger partial charge on any atom is -0.298 e. The molecule has 0 bridgehead atoms. The van der Waals surface area contributed by atoms with Gasteiger partial charge in [0.05, 0.1) is 6.04 Å². The smallest absolute Gasteiger partial charge is 0.151 e. The van der Waals surface area contributed by atoms with E-state index < -0.39 is 0 Å². The predicted molar refractivity (Wildman–Crippen MR) is 63.9 cm³/mol. The summed E-state index contributed by atoms with van der Waals surface area (Å²) in [6, 6.07) is 8.26. The number of rotatable bonds is 2. The van der Waals surface area contributed by atoms with Gasteiger partial charge in [-0.05, 0) is 31.2 Å². The van der Waals surface area contributed by atoms with Crippen molar-refractivity contribution < 1.29 is 4.79 Å². The summed E-state index contributed by atoms with van der Waals surface area (Å²) in [4.78, 5) is 13.8. The number of hydrogen-bond acceptors (Lipinski definition) is 2. The summed E-state index contributed by atoms with van der Waals surface area (Å²) >= 11 is 3.44. The lowest BCUT2D eigenvalue weighted by Crippen LogP contribution is -2.31. The van der Waals surface area contributed by atoms with Crippen LogP contribution in [-0.4, -0.2) is 30.3 Å². The molecule has 1 unspecified atom stereocenters. The van der Waals surface area contributed by atoms with Gasteiger partial charge in [-0.2, -0.15) is 0 Å². The summed E-state index contributed by atoms with van der Waals surface area (Å²) < 4.78 is 1.08. The Morgan fingerprint density at radius 2 is 2.33 bits per heavy atom. The molecule has 1 aromatic carbocycles. The van der Waals surface area contributed by atoms with Crippen molar-refractivity contribution in [3.63, 3.8) is 0 Å². The van der Waals surface area contributed by atoms with Gasteiger partial charge >= 0.3 is 0 Å². The molecule has 2 rings (SSSR count). The van der Waals surface area contributed by atoms with Crippen molar-refractivity contribution in [2.75, 3.05) is 13.6 Å². The molecule has 15 heavy (non-hydrogen) atoms. The van der Waals surface area contributed by atoms with Gasteiger partial charge in [0.2, 0.25) is 0 Å². The molecule has 1 atom stereocenters. The molecule has 1 aliphatic rings. The molecule has 0 amide bonds. The number of hydrogen-bond donors (Lipinski definition) is 0. The van der Waals surface area contributed by atoms with Gasteiger partial charge in [0.15, 0.2) is 5.78 Å². The van der Waals surface area contributed by atoms with Crippen LogP contribution >= 0.6 is 15.9 Å². The van der Waals surface area contributed by atoms with E-state index in [0.717, 1.165) is 17.4 Å². The first kappa shape index (κ1) is 10.8. The van der Waals surface area contributed by atoms with Crippen LogP contribution in [0.15, 0.2) is 28.7 Å². The van der Waals surface area contributed by atoms with E-state index in [1.807, 2.05) is 19.2 Å². The van der Waals surface area contributed by atoms with Crippen LogP contribution in [0.1, 0.15) is 12.0 Å². The average Bonchev–Trinajstić information content (AvgIpc) is 2.50. The number of benzene rings is 1. The van der Waals surface area contributed by atoms with Crippen molar-refractivity contribution >= 4 is 21.7 Å². The third-order valence-electron chi connectivity index (χ3n) is 2.93. The number of halogens is 1. The second kappa shape index (κ2) is 4.45. The molecule has 1 aliphatic heterocycles. The number of nitrogens with zero attached hydrogens (tertiary/aromatic N) is 1. The standard InChI is InChI=1S/C12H14BrNO/c1-14-6-5-12(15)11(14)8-9-3-2-4-10(13)7-9/h2-4,7,11H,5-6,8H2,1H3. The van der Waals surface area contributed by atoms with Gasteiger partial charge in [0, 0.05) is 17.4 Å². The van der Waals surface area contributed by atoms with E-state index in [1.54, 1.807) is 0 Å². The van der Waals surface area contributed by atoms with E-state index in [9.17, 15) is 4.79 Å². The second-order valence-corrected chi connectivity index (χ2v) is 4.96. The molecular formula is C12H14BrNO. The summed E-state index contributed by atoms with van der Waals surface area (Å²) in [5, 5.41) is 0. The van der Waals surface area contributed by atoms with Crippen LogP contribution in [-0.2, 0) is 11.2 Å². The quantitative estimate of drug-likeness (QED) is 0.820. The Morgan fingerprint density at radius 1 is 1.53 bits per heavy atom. The molecule has 0 aliphatic carbocycles. The van der Waals surface area contributed by atoms with Crippen LogP contribution in [0.3, 0.4) is 0 Å². The monoisotopic (exact) mass is 267 g/mol. The highest BCUT2D eigenvalue weighted by Gasteiger charge is 2.29. The SMILES string of the molecule is CN1CCC(=O)C1Cc1cccc(Br)c1. The van der Waals surface area contributed by atoms with Crippen LogP contribution in [0, 0.1) is 0 Å². The molecule has 0 aromatic heterocycles. The highest BCUT2D eigenvalue weighted by molar-refractivity contribution is 9.10. The van der Waals surface area contributed by atoms with Gasteiger partial charge in [0.1, 0.15) is 0 Å². The number of carbonyl (C=O) groups excluding carboxylic acids is 1. The average molecular weight is 268 g/mol. The Bertz CT molecular complexity index is 378. The van der Waals surface area contributed by atoms with Crippen LogP contribution < -0.4 is 0 Å². The van der Waals surface area contributed by atoms with E-state index in [1.165, 1.54) is 5.56 Å². The third kappa shape index (κ3) is 2.47. The zero-order chi connectivity index (χ0) is 10.8. The molecule has 0 spiro atoms. The molecule has 0 saturated carbocycles. The van der Waals surface area contributed by atoms with E-state index in [0.29, 0.717) is 12.2 Å². The van der Waals surface area contributed by atoms with Crippen molar-refractivity contribution in [1.82, 2.24) is 4.90 Å². The van der Waals surface area contributed by atoms with Crippen molar-refractivity contribution in [3.8, 4) is 0 Å². The van der Waals surface area contributed by atoms with Gasteiger partial charge in [-0.3, -0.25) is 9.69 Å². The predicted octanol–water partition coefficient (Wildman–Crippen LogP) is 2.26. The van der Waals surface area contributed by atoms with Crippen LogP contribution in [0.2, 0.25) is 0 Å². The Hall–Kier alpha value is -0.670. The number of Topliss-reactive ketones (excluding diaryl/α,β-unsaturated/α-hetero) is 1. The lowest BCUT2D eigenvalue weighted by atomic mass is 10.0. The summed E-state index contributed by atoms with van der Waals surface area (Å²) in [6.45, 7) is 0.900. The molecule has 1 fully saturated rings. The minimum atomic E-state index is 0.0827. The van der Waals surface area contributed by atoms with E-state index in [2.05, 4.69) is 33.0 Å². The second-order valence-electron chi connectivity index (χ2n) is 4.05. The molecule has 1 heterocycles. The van der Waals surface area contributed by atoms with Crippen molar-refractivity contribution in [2.24, 2.45) is 0 Å². The maximum Gasteiger partial charge on any atom is 0.151 e. The number of ketones is 1. The normalized spacial score (nSPS) is 22.3. The maximum atomic E-state index is 11.6. The summed E-state index contributed by atoms with van der Waals surface area (Å²) in [5.74, 6) is 0.373. The minimum absolute atomic E-state index is 0.0827.